The normalized spacial score (nSPS) is 11.8. The molecule has 0 aromatic heterocycles. The minimum Gasteiger partial charge on any atom is -0.490 e. The van der Waals surface area contributed by atoms with Gasteiger partial charge in [0.25, 0.3) is 6.43 Å². The summed E-state index contributed by atoms with van der Waals surface area (Å²) in [4.78, 5) is 0. The van der Waals surface area contributed by atoms with Crippen LogP contribution >= 0.6 is 0 Å². The molecule has 0 heterocycles. The van der Waals surface area contributed by atoms with Gasteiger partial charge in [0.05, 0.1) is 6.61 Å². The molecule has 0 unspecified atom stereocenters. The molecule has 0 amide bonds. The molecule has 0 saturated heterocycles. The Morgan fingerprint density at radius 2 is 1.70 bits per heavy atom. The van der Waals surface area contributed by atoms with Gasteiger partial charge in [-0.2, -0.15) is 8.78 Å². The lowest BCUT2D eigenvalue weighted by Gasteiger charge is -2.11. The molecule has 112 valence electrons. The van der Waals surface area contributed by atoms with Crippen molar-refractivity contribution >= 4 is 0 Å². The van der Waals surface area contributed by atoms with Gasteiger partial charge in [0.1, 0.15) is 6.61 Å². The second-order valence-electron chi connectivity index (χ2n) is 4.13. The fourth-order valence-corrected chi connectivity index (χ4v) is 1.36. The maximum atomic E-state index is 13.6. The van der Waals surface area contributed by atoms with Crippen LogP contribution in [-0.2, 0) is 0 Å². The first-order chi connectivity index (χ1) is 9.45. The van der Waals surface area contributed by atoms with E-state index in [1.807, 2.05) is 19.9 Å². The molecule has 0 aliphatic heterocycles. The smallest absolute Gasteiger partial charge is 0.272 e. The number of alkyl halides is 2. The van der Waals surface area contributed by atoms with Crippen LogP contribution in [0.3, 0.4) is 0 Å². The second kappa shape index (κ2) is 7.77. The molecule has 0 radical (unpaired) electrons. The highest BCUT2D eigenvalue weighted by Gasteiger charge is 2.16. The summed E-state index contributed by atoms with van der Waals surface area (Å²) < 4.78 is 60.6. The monoisotopic (exact) mass is 292 g/mol. The molecule has 1 aromatic rings. The summed E-state index contributed by atoms with van der Waals surface area (Å²) in [5.41, 5.74) is 1.06. The fraction of sp³-hybridized carbons (Fsp3) is 0.429. The van der Waals surface area contributed by atoms with Crippen molar-refractivity contribution < 1.29 is 27.0 Å². The summed E-state index contributed by atoms with van der Waals surface area (Å²) in [7, 11) is 0. The SMILES string of the molecule is C/C=C(/C)CCOc1ccc(OCC(F)F)c(F)c1F. The number of halogens is 4. The third kappa shape index (κ3) is 4.75. The summed E-state index contributed by atoms with van der Waals surface area (Å²) in [6.45, 7) is 2.97. The van der Waals surface area contributed by atoms with E-state index in [1.165, 1.54) is 0 Å². The van der Waals surface area contributed by atoms with Crippen molar-refractivity contribution in [2.24, 2.45) is 0 Å². The van der Waals surface area contributed by atoms with Crippen molar-refractivity contribution in [2.75, 3.05) is 13.2 Å². The lowest BCUT2D eigenvalue weighted by atomic mass is 10.2. The topological polar surface area (TPSA) is 18.5 Å². The molecular formula is C14H16F4O2. The van der Waals surface area contributed by atoms with Crippen molar-refractivity contribution in [3.8, 4) is 11.5 Å². The van der Waals surface area contributed by atoms with Crippen LogP contribution in [0.15, 0.2) is 23.8 Å². The number of allylic oxidation sites excluding steroid dienone is 1. The third-order valence-electron chi connectivity index (χ3n) is 2.62. The first-order valence-corrected chi connectivity index (χ1v) is 6.09. The molecule has 0 saturated carbocycles. The largest absolute Gasteiger partial charge is 0.490 e. The van der Waals surface area contributed by atoms with Crippen LogP contribution in [0.4, 0.5) is 17.6 Å². The van der Waals surface area contributed by atoms with Gasteiger partial charge in [-0.25, -0.2) is 8.78 Å². The lowest BCUT2D eigenvalue weighted by molar-refractivity contribution is 0.0793. The zero-order chi connectivity index (χ0) is 15.1. The van der Waals surface area contributed by atoms with E-state index in [1.54, 1.807) is 0 Å². The fourth-order valence-electron chi connectivity index (χ4n) is 1.36. The van der Waals surface area contributed by atoms with Crippen molar-refractivity contribution in [1.29, 1.82) is 0 Å². The molecule has 0 spiro atoms. The minimum absolute atomic E-state index is 0.198. The number of ether oxygens (including phenoxy) is 2. The van der Waals surface area contributed by atoms with Crippen molar-refractivity contribution in [3.63, 3.8) is 0 Å². The lowest BCUT2D eigenvalue weighted by Crippen LogP contribution is -2.09. The first-order valence-electron chi connectivity index (χ1n) is 6.09. The Hall–Kier alpha value is -1.72. The molecule has 0 N–H and O–H groups in total. The van der Waals surface area contributed by atoms with Gasteiger partial charge in [-0.15, -0.1) is 0 Å². The van der Waals surface area contributed by atoms with Gasteiger partial charge in [-0.05, 0) is 26.0 Å². The average Bonchev–Trinajstić information content (AvgIpc) is 2.42. The van der Waals surface area contributed by atoms with Crippen LogP contribution in [-0.4, -0.2) is 19.6 Å². The Morgan fingerprint density at radius 3 is 2.20 bits per heavy atom. The van der Waals surface area contributed by atoms with Crippen LogP contribution in [0.25, 0.3) is 0 Å². The van der Waals surface area contributed by atoms with Gasteiger partial charge in [-0.1, -0.05) is 11.6 Å². The maximum Gasteiger partial charge on any atom is 0.272 e. The van der Waals surface area contributed by atoms with Crippen LogP contribution in [0.2, 0.25) is 0 Å². The molecule has 2 nitrogen and oxygen atoms in total. The van der Waals surface area contributed by atoms with E-state index in [4.69, 9.17) is 4.74 Å². The zero-order valence-corrected chi connectivity index (χ0v) is 11.3. The van der Waals surface area contributed by atoms with Crippen molar-refractivity contribution in [3.05, 3.63) is 35.4 Å². The highest BCUT2D eigenvalue weighted by molar-refractivity contribution is 5.35. The number of hydrogen-bond acceptors (Lipinski definition) is 2. The highest BCUT2D eigenvalue weighted by atomic mass is 19.3. The standard InChI is InChI=1S/C14H16F4O2/c1-3-9(2)6-7-19-10-4-5-11(14(18)13(10)17)20-8-12(15)16/h3-5,12H,6-8H2,1-2H3/b9-3-. The highest BCUT2D eigenvalue weighted by Crippen LogP contribution is 2.28. The van der Waals surface area contributed by atoms with E-state index >= 15 is 0 Å². The Labute approximate surface area is 115 Å². The van der Waals surface area contributed by atoms with E-state index in [9.17, 15) is 17.6 Å². The number of rotatable bonds is 7. The second-order valence-corrected chi connectivity index (χ2v) is 4.13. The molecule has 0 atom stereocenters. The van der Waals surface area contributed by atoms with E-state index in [0.717, 1.165) is 17.7 Å². The van der Waals surface area contributed by atoms with Gasteiger partial charge in [0, 0.05) is 6.42 Å². The predicted octanol–water partition coefficient (Wildman–Crippen LogP) is 4.34. The zero-order valence-electron chi connectivity index (χ0n) is 11.3. The Morgan fingerprint density at radius 1 is 1.15 bits per heavy atom. The van der Waals surface area contributed by atoms with Gasteiger partial charge in [0.2, 0.25) is 11.6 Å². The van der Waals surface area contributed by atoms with E-state index in [-0.39, 0.29) is 12.4 Å². The molecule has 6 heteroatoms. The molecule has 1 rings (SSSR count). The van der Waals surface area contributed by atoms with Crippen LogP contribution < -0.4 is 9.47 Å². The average molecular weight is 292 g/mol. The van der Waals surface area contributed by atoms with Crippen LogP contribution in [0.1, 0.15) is 20.3 Å². The van der Waals surface area contributed by atoms with E-state index in [2.05, 4.69) is 4.74 Å². The first kappa shape index (κ1) is 16.3. The Kier molecular flexibility index (Phi) is 6.35. The quantitative estimate of drug-likeness (QED) is 0.549. The summed E-state index contributed by atoms with van der Waals surface area (Å²) >= 11 is 0. The Bertz CT molecular complexity index is 472. The number of hydrogen-bond donors (Lipinski definition) is 0. The van der Waals surface area contributed by atoms with E-state index in [0.29, 0.717) is 6.42 Å². The van der Waals surface area contributed by atoms with Crippen LogP contribution in [0.5, 0.6) is 11.5 Å². The predicted molar refractivity (Wildman–Crippen MR) is 67.4 cm³/mol. The van der Waals surface area contributed by atoms with Gasteiger partial charge >= 0.3 is 0 Å². The molecule has 0 fully saturated rings. The maximum absolute atomic E-state index is 13.6. The third-order valence-corrected chi connectivity index (χ3v) is 2.62. The molecule has 0 aliphatic rings. The molecule has 0 bridgehead atoms. The molecule has 0 aliphatic carbocycles. The molecular weight excluding hydrogens is 276 g/mol. The summed E-state index contributed by atoms with van der Waals surface area (Å²) in [6.07, 6.45) is -0.278. The van der Waals surface area contributed by atoms with Crippen LogP contribution in [0, 0.1) is 11.6 Å². The van der Waals surface area contributed by atoms with Gasteiger partial charge in [-0.3, -0.25) is 0 Å². The Balaban J connectivity index is 2.68. The molecule has 20 heavy (non-hydrogen) atoms. The van der Waals surface area contributed by atoms with Gasteiger partial charge in [0.15, 0.2) is 11.5 Å². The summed E-state index contributed by atoms with van der Waals surface area (Å²) in [5, 5.41) is 0. The summed E-state index contributed by atoms with van der Waals surface area (Å²) in [6, 6.07) is 2.23. The van der Waals surface area contributed by atoms with E-state index < -0.39 is 30.4 Å². The summed E-state index contributed by atoms with van der Waals surface area (Å²) in [5.74, 6) is -3.39. The number of benzene rings is 1. The van der Waals surface area contributed by atoms with Crippen molar-refractivity contribution in [1.82, 2.24) is 0 Å². The van der Waals surface area contributed by atoms with Crippen molar-refractivity contribution in [2.45, 2.75) is 26.7 Å². The van der Waals surface area contributed by atoms with Gasteiger partial charge < -0.3 is 9.47 Å². The molecule has 1 aromatic carbocycles. The minimum atomic E-state index is -2.75.